The van der Waals surface area contributed by atoms with E-state index in [1.54, 1.807) is 0 Å². The van der Waals surface area contributed by atoms with Gasteiger partial charge in [0.2, 0.25) is 0 Å². The van der Waals surface area contributed by atoms with E-state index in [4.69, 9.17) is 0 Å². The van der Waals surface area contributed by atoms with Crippen molar-refractivity contribution in [1.29, 1.82) is 0 Å². The Labute approximate surface area is 102 Å². The molecule has 0 aromatic rings. The Balaban J connectivity index is 0. The zero-order valence-electron chi connectivity index (χ0n) is 8.28. The Bertz CT molecular complexity index is 191. The summed E-state index contributed by atoms with van der Waals surface area (Å²) in [6.07, 6.45) is 4.09. The van der Waals surface area contributed by atoms with Crippen LogP contribution < -0.4 is 29.6 Å². The Morgan fingerprint density at radius 3 is 2.31 bits per heavy atom. The van der Waals surface area contributed by atoms with Gasteiger partial charge in [0, 0.05) is 6.61 Å². The van der Waals surface area contributed by atoms with Crippen LogP contribution >= 0.6 is 0 Å². The molecule has 0 radical (unpaired) electrons. The normalized spacial score (nSPS) is 10.9. The second kappa shape index (κ2) is 9.43. The fourth-order valence-corrected chi connectivity index (χ4v) is 1.11. The molecule has 0 amide bonds. The monoisotopic (exact) mass is 218 g/mol. The van der Waals surface area contributed by atoms with Gasteiger partial charge in [0.1, 0.15) is 16.1 Å². The molecule has 74 valence electrons. The van der Waals surface area contributed by atoms with Crippen LogP contribution in [0.25, 0.3) is 0 Å². The third-order valence-corrected chi connectivity index (χ3v) is 1.83. The summed E-state index contributed by atoms with van der Waals surface area (Å²) in [6, 6.07) is 0. The SMILES string of the molecule is CCCCCCOCS(=O)(=O)[O-].[Na+]. The molecule has 0 aliphatic rings. The van der Waals surface area contributed by atoms with E-state index in [-0.39, 0.29) is 29.6 Å². The molecule has 0 saturated heterocycles. The minimum Gasteiger partial charge on any atom is -0.746 e. The Kier molecular flexibility index (Phi) is 11.8. The van der Waals surface area contributed by atoms with Crippen molar-refractivity contribution >= 4 is 10.1 Å². The van der Waals surface area contributed by atoms with Gasteiger partial charge in [0.25, 0.3) is 0 Å². The van der Waals surface area contributed by atoms with E-state index in [1.165, 1.54) is 0 Å². The molecule has 0 unspecified atom stereocenters. The van der Waals surface area contributed by atoms with Crippen molar-refractivity contribution in [2.75, 3.05) is 12.5 Å². The second-order valence-corrected chi connectivity index (χ2v) is 4.00. The summed E-state index contributed by atoms with van der Waals surface area (Å²) >= 11 is 0. The molecule has 0 atom stereocenters. The second-order valence-electron chi connectivity index (χ2n) is 2.64. The van der Waals surface area contributed by atoms with Crippen LogP contribution in [-0.4, -0.2) is 25.5 Å². The predicted octanol–water partition coefficient (Wildman–Crippen LogP) is -1.91. The Hall–Kier alpha value is 0.870. The van der Waals surface area contributed by atoms with Crippen molar-refractivity contribution < 1.29 is 47.3 Å². The third-order valence-electron chi connectivity index (χ3n) is 1.37. The summed E-state index contributed by atoms with van der Waals surface area (Å²) < 4.78 is 34.8. The first-order valence-electron chi connectivity index (χ1n) is 4.07. The van der Waals surface area contributed by atoms with Crippen molar-refractivity contribution in [3.05, 3.63) is 0 Å². The van der Waals surface area contributed by atoms with Crippen LogP contribution in [0.2, 0.25) is 0 Å². The maximum Gasteiger partial charge on any atom is 1.00 e. The fraction of sp³-hybridized carbons (Fsp3) is 1.00. The zero-order valence-corrected chi connectivity index (χ0v) is 11.1. The number of unbranched alkanes of at least 4 members (excludes halogenated alkanes) is 3. The molecule has 0 aromatic heterocycles. The summed E-state index contributed by atoms with van der Waals surface area (Å²) in [5, 5.41) is 0. The van der Waals surface area contributed by atoms with Gasteiger partial charge in [-0.3, -0.25) is 0 Å². The van der Waals surface area contributed by atoms with Crippen molar-refractivity contribution in [1.82, 2.24) is 0 Å². The Morgan fingerprint density at radius 1 is 1.23 bits per heavy atom. The summed E-state index contributed by atoms with van der Waals surface area (Å²) in [6.45, 7) is 2.45. The van der Waals surface area contributed by atoms with Crippen LogP contribution in [0, 0.1) is 0 Å². The maximum atomic E-state index is 10.0. The number of rotatable bonds is 7. The summed E-state index contributed by atoms with van der Waals surface area (Å²) in [4.78, 5) is 0. The summed E-state index contributed by atoms with van der Waals surface area (Å²) in [5.41, 5.74) is 0. The van der Waals surface area contributed by atoms with Crippen LogP contribution in [0.1, 0.15) is 32.6 Å². The van der Waals surface area contributed by atoms with Gasteiger partial charge in [-0.15, -0.1) is 0 Å². The van der Waals surface area contributed by atoms with E-state index in [0.29, 0.717) is 6.61 Å². The van der Waals surface area contributed by atoms with Crippen LogP contribution in [0.5, 0.6) is 0 Å². The van der Waals surface area contributed by atoms with Gasteiger partial charge < -0.3 is 9.29 Å². The van der Waals surface area contributed by atoms with Gasteiger partial charge in [-0.2, -0.15) is 0 Å². The quantitative estimate of drug-likeness (QED) is 0.284. The van der Waals surface area contributed by atoms with E-state index < -0.39 is 16.1 Å². The van der Waals surface area contributed by atoms with E-state index in [2.05, 4.69) is 11.7 Å². The van der Waals surface area contributed by atoms with Gasteiger partial charge in [-0.05, 0) is 6.42 Å². The molecular weight excluding hydrogens is 203 g/mol. The minimum atomic E-state index is -4.19. The van der Waals surface area contributed by atoms with Crippen molar-refractivity contribution in [2.45, 2.75) is 32.6 Å². The molecule has 13 heavy (non-hydrogen) atoms. The molecule has 0 heterocycles. The molecule has 0 rings (SSSR count). The van der Waals surface area contributed by atoms with Gasteiger partial charge >= 0.3 is 29.6 Å². The number of ether oxygens (including phenoxy) is 1. The first-order chi connectivity index (χ1) is 5.56. The van der Waals surface area contributed by atoms with Crippen LogP contribution in [0.4, 0.5) is 0 Å². The molecular formula is C7H15NaO4S. The van der Waals surface area contributed by atoms with Crippen LogP contribution in [0.15, 0.2) is 0 Å². The molecule has 0 bridgehead atoms. The van der Waals surface area contributed by atoms with Crippen LogP contribution in [-0.2, 0) is 14.9 Å². The topological polar surface area (TPSA) is 66.4 Å². The van der Waals surface area contributed by atoms with Crippen LogP contribution in [0.3, 0.4) is 0 Å². The van der Waals surface area contributed by atoms with E-state index in [9.17, 15) is 13.0 Å². The minimum absolute atomic E-state index is 0. The van der Waals surface area contributed by atoms with Gasteiger partial charge in [0.15, 0.2) is 0 Å². The molecule has 0 aromatic carbocycles. The molecule has 0 aliphatic heterocycles. The summed E-state index contributed by atoms with van der Waals surface area (Å²) in [5.74, 6) is -0.695. The van der Waals surface area contributed by atoms with E-state index in [0.717, 1.165) is 25.7 Å². The van der Waals surface area contributed by atoms with E-state index in [1.807, 2.05) is 0 Å². The molecule has 0 N–H and O–H groups in total. The molecule has 6 heteroatoms. The Morgan fingerprint density at radius 2 is 1.85 bits per heavy atom. The molecule has 0 spiro atoms. The summed E-state index contributed by atoms with van der Waals surface area (Å²) in [7, 11) is -4.19. The van der Waals surface area contributed by atoms with Crippen molar-refractivity contribution in [2.24, 2.45) is 0 Å². The first-order valence-corrected chi connectivity index (χ1v) is 5.65. The third kappa shape index (κ3) is 15.6. The molecule has 4 nitrogen and oxygen atoms in total. The van der Waals surface area contributed by atoms with Crippen molar-refractivity contribution in [3.8, 4) is 0 Å². The van der Waals surface area contributed by atoms with Crippen molar-refractivity contribution in [3.63, 3.8) is 0 Å². The average molecular weight is 218 g/mol. The molecule has 0 saturated carbocycles. The smallest absolute Gasteiger partial charge is 0.746 e. The molecule has 0 aliphatic carbocycles. The van der Waals surface area contributed by atoms with Gasteiger partial charge in [-0.1, -0.05) is 26.2 Å². The average Bonchev–Trinajstić information content (AvgIpc) is 1.94. The van der Waals surface area contributed by atoms with Gasteiger partial charge in [0.05, 0.1) is 0 Å². The standard InChI is InChI=1S/C7H16O4S.Na/c1-2-3-4-5-6-11-7-12(8,9)10;/h2-7H2,1H3,(H,8,9,10);/q;+1/p-1. The number of hydrogen-bond acceptors (Lipinski definition) is 4. The zero-order chi connectivity index (χ0) is 9.45. The fourth-order valence-electron chi connectivity index (χ4n) is 0.792. The molecule has 0 fully saturated rings. The van der Waals surface area contributed by atoms with E-state index >= 15 is 0 Å². The maximum absolute atomic E-state index is 10.0. The largest absolute Gasteiger partial charge is 1.00 e. The first kappa shape index (κ1) is 16.3. The predicted molar refractivity (Wildman–Crippen MR) is 44.7 cm³/mol. The number of hydrogen-bond donors (Lipinski definition) is 0. The van der Waals surface area contributed by atoms with Gasteiger partial charge in [-0.25, -0.2) is 8.42 Å².